The summed E-state index contributed by atoms with van der Waals surface area (Å²) in [5.74, 6) is 0. The molecule has 1 aromatic rings. The lowest BCUT2D eigenvalue weighted by molar-refractivity contribution is 0.108. The van der Waals surface area contributed by atoms with E-state index in [4.69, 9.17) is 11.6 Å². The second-order valence-corrected chi connectivity index (χ2v) is 3.44. The predicted octanol–water partition coefficient (Wildman–Crippen LogP) is 1.91. The molecule has 2 rings (SSSR count). The van der Waals surface area contributed by atoms with Gasteiger partial charge < -0.3 is 0 Å². The molecule has 0 radical (unpaired) electrons. The summed E-state index contributed by atoms with van der Waals surface area (Å²) in [6.07, 6.45) is 3.87. The van der Waals surface area contributed by atoms with Gasteiger partial charge in [-0.3, -0.25) is 9.48 Å². The zero-order valence-electron chi connectivity index (χ0n) is 6.75. The fourth-order valence-electron chi connectivity index (χ4n) is 1.30. The van der Waals surface area contributed by atoms with Crippen LogP contribution in [0.25, 0.3) is 0 Å². The number of halogens is 1. The summed E-state index contributed by atoms with van der Waals surface area (Å²) in [5, 5.41) is 3.69. The highest BCUT2D eigenvalue weighted by Gasteiger charge is 2.27. The first-order valence-corrected chi connectivity index (χ1v) is 4.32. The molecule has 4 heteroatoms. The molecule has 0 aromatic carbocycles. The van der Waals surface area contributed by atoms with Crippen molar-refractivity contribution in [3.63, 3.8) is 0 Å². The average Bonchev–Trinajstić information content (AvgIpc) is 2.75. The largest absolute Gasteiger partial charge is 0.275 e. The fraction of sp³-hybridized carbons (Fsp3) is 0.500. The topological polar surface area (TPSA) is 34.9 Å². The third-order valence-electron chi connectivity index (χ3n) is 2.15. The van der Waals surface area contributed by atoms with E-state index in [9.17, 15) is 4.79 Å². The second kappa shape index (κ2) is 2.59. The fourth-order valence-corrected chi connectivity index (χ4v) is 1.49. The van der Waals surface area contributed by atoms with Crippen molar-refractivity contribution in [1.29, 1.82) is 0 Å². The molecule has 0 atom stereocenters. The van der Waals surface area contributed by atoms with Crippen molar-refractivity contribution in [2.24, 2.45) is 0 Å². The smallest absolute Gasteiger partial charge is 0.255 e. The highest BCUT2D eigenvalue weighted by molar-refractivity contribution is 6.67. The molecule has 1 aliphatic rings. The lowest BCUT2D eigenvalue weighted by atomic mass is 10.3. The highest BCUT2D eigenvalue weighted by Crippen LogP contribution is 2.35. The van der Waals surface area contributed by atoms with Gasteiger partial charge in [-0.2, -0.15) is 5.10 Å². The Bertz CT molecular complexity index is 328. The predicted molar refractivity (Wildman–Crippen MR) is 45.4 cm³/mol. The first-order valence-electron chi connectivity index (χ1n) is 3.94. The van der Waals surface area contributed by atoms with Gasteiger partial charge in [0.1, 0.15) is 0 Å². The van der Waals surface area contributed by atoms with Crippen LogP contribution >= 0.6 is 11.6 Å². The Kier molecular flexibility index (Phi) is 1.68. The van der Waals surface area contributed by atoms with Crippen molar-refractivity contribution in [2.75, 3.05) is 0 Å². The van der Waals surface area contributed by atoms with E-state index in [0.717, 1.165) is 5.69 Å². The average molecular weight is 185 g/mol. The Morgan fingerprint density at radius 2 is 2.42 bits per heavy atom. The zero-order valence-corrected chi connectivity index (χ0v) is 7.51. The maximum atomic E-state index is 10.8. The molecule has 1 fully saturated rings. The third kappa shape index (κ3) is 1.14. The van der Waals surface area contributed by atoms with E-state index in [1.807, 2.05) is 11.6 Å². The van der Waals surface area contributed by atoms with Crippen molar-refractivity contribution in [3.8, 4) is 0 Å². The summed E-state index contributed by atoms with van der Waals surface area (Å²) in [6.45, 7) is 1.88. The molecule has 1 aliphatic carbocycles. The number of hydrogen-bond donors (Lipinski definition) is 0. The molecule has 1 heterocycles. The molecule has 64 valence electrons. The third-order valence-corrected chi connectivity index (χ3v) is 2.35. The molecular weight excluding hydrogens is 176 g/mol. The minimum Gasteiger partial charge on any atom is -0.275 e. The zero-order chi connectivity index (χ0) is 8.72. The molecule has 0 spiro atoms. The van der Waals surface area contributed by atoms with Gasteiger partial charge in [-0.25, -0.2) is 0 Å². The molecule has 0 saturated heterocycles. The van der Waals surface area contributed by atoms with Gasteiger partial charge in [0.15, 0.2) is 0 Å². The van der Waals surface area contributed by atoms with Gasteiger partial charge in [0.2, 0.25) is 0 Å². The Labute approximate surface area is 75.3 Å². The van der Waals surface area contributed by atoms with E-state index in [2.05, 4.69) is 5.10 Å². The van der Waals surface area contributed by atoms with Crippen LogP contribution in [0.3, 0.4) is 0 Å². The van der Waals surface area contributed by atoms with Crippen molar-refractivity contribution in [1.82, 2.24) is 9.78 Å². The summed E-state index contributed by atoms with van der Waals surface area (Å²) in [7, 11) is 0. The summed E-state index contributed by atoms with van der Waals surface area (Å²) in [6, 6.07) is 0.509. The van der Waals surface area contributed by atoms with E-state index < -0.39 is 5.24 Å². The van der Waals surface area contributed by atoms with Gasteiger partial charge in [0, 0.05) is 5.69 Å². The Hall–Kier alpha value is -0.830. The van der Waals surface area contributed by atoms with E-state index in [1.54, 1.807) is 6.20 Å². The van der Waals surface area contributed by atoms with Crippen LogP contribution in [0, 0.1) is 6.92 Å². The lowest BCUT2D eigenvalue weighted by Crippen LogP contribution is -2.00. The van der Waals surface area contributed by atoms with Gasteiger partial charge in [-0.1, -0.05) is 0 Å². The monoisotopic (exact) mass is 184 g/mol. The van der Waals surface area contributed by atoms with Crippen molar-refractivity contribution < 1.29 is 4.79 Å². The molecule has 0 aliphatic heterocycles. The van der Waals surface area contributed by atoms with E-state index >= 15 is 0 Å². The quantitative estimate of drug-likeness (QED) is 0.659. The molecule has 3 nitrogen and oxygen atoms in total. The minimum absolute atomic E-state index is 0.417. The van der Waals surface area contributed by atoms with Crippen LogP contribution in [-0.4, -0.2) is 15.0 Å². The Morgan fingerprint density at radius 3 is 2.83 bits per heavy atom. The van der Waals surface area contributed by atoms with Gasteiger partial charge in [0.25, 0.3) is 5.24 Å². The minimum atomic E-state index is -0.417. The molecule has 1 aromatic heterocycles. The van der Waals surface area contributed by atoms with Crippen molar-refractivity contribution in [2.45, 2.75) is 25.8 Å². The summed E-state index contributed by atoms with van der Waals surface area (Å²) >= 11 is 5.35. The Morgan fingerprint density at radius 1 is 1.75 bits per heavy atom. The van der Waals surface area contributed by atoms with Crippen molar-refractivity contribution >= 4 is 16.8 Å². The number of aromatic nitrogens is 2. The number of nitrogens with zero attached hydrogens (tertiary/aromatic N) is 2. The van der Waals surface area contributed by atoms with E-state index in [-0.39, 0.29) is 0 Å². The summed E-state index contributed by atoms with van der Waals surface area (Å²) in [4.78, 5) is 10.8. The first kappa shape index (κ1) is 7.80. The first-order chi connectivity index (χ1) is 5.70. The number of carbonyl (C=O) groups is 1. The van der Waals surface area contributed by atoms with E-state index in [0.29, 0.717) is 11.6 Å². The highest BCUT2D eigenvalue weighted by atomic mass is 35.5. The standard InChI is InChI=1S/C8H9ClN2O/c1-5-7(8(9)12)4-10-11(5)6-2-3-6/h4,6H,2-3H2,1H3. The van der Waals surface area contributed by atoms with Crippen LogP contribution in [0.2, 0.25) is 0 Å². The normalized spacial score (nSPS) is 16.5. The lowest BCUT2D eigenvalue weighted by Gasteiger charge is -1.99. The molecule has 12 heavy (non-hydrogen) atoms. The number of carbonyl (C=O) groups excluding carboxylic acids is 1. The SMILES string of the molecule is Cc1c(C(=O)Cl)cnn1C1CC1. The van der Waals surface area contributed by atoms with Gasteiger partial charge in [-0.05, 0) is 31.4 Å². The maximum Gasteiger partial charge on any atom is 0.255 e. The maximum absolute atomic E-state index is 10.8. The van der Waals surface area contributed by atoms with E-state index in [1.165, 1.54) is 12.8 Å². The Balaban J connectivity index is 2.39. The van der Waals surface area contributed by atoms with Crippen LogP contribution in [-0.2, 0) is 0 Å². The van der Waals surface area contributed by atoms with Crippen LogP contribution in [0.4, 0.5) is 0 Å². The summed E-state index contributed by atoms with van der Waals surface area (Å²) < 4.78 is 1.88. The number of hydrogen-bond acceptors (Lipinski definition) is 2. The van der Waals surface area contributed by atoms with Gasteiger partial charge in [0.05, 0.1) is 17.8 Å². The molecule has 0 bridgehead atoms. The molecule has 0 unspecified atom stereocenters. The molecule has 0 N–H and O–H groups in total. The molecular formula is C8H9ClN2O. The molecule has 1 saturated carbocycles. The molecule has 0 amide bonds. The van der Waals surface area contributed by atoms with Crippen molar-refractivity contribution in [3.05, 3.63) is 17.5 Å². The van der Waals surface area contributed by atoms with Crippen LogP contribution in [0.15, 0.2) is 6.20 Å². The second-order valence-electron chi connectivity index (χ2n) is 3.09. The van der Waals surface area contributed by atoms with Crippen LogP contribution < -0.4 is 0 Å². The number of rotatable bonds is 2. The van der Waals surface area contributed by atoms with Gasteiger partial charge >= 0.3 is 0 Å². The summed E-state index contributed by atoms with van der Waals surface area (Å²) in [5.41, 5.74) is 1.42. The van der Waals surface area contributed by atoms with Crippen LogP contribution in [0.1, 0.15) is 34.9 Å². The van der Waals surface area contributed by atoms with Gasteiger partial charge in [-0.15, -0.1) is 0 Å². The van der Waals surface area contributed by atoms with Crippen LogP contribution in [0.5, 0.6) is 0 Å².